The predicted molar refractivity (Wildman–Crippen MR) is 105 cm³/mol. The molecule has 1 aromatic heterocycles. The standard InChI is InChI=1S/C21H32N4O2/c1-2-9-25-19-8-7-17(23-12-14-27-15-13-23)16-18(19)20(22-25)21(26)24-10-5-3-4-6-11-24/h2,17H,1,3-16H2. The predicted octanol–water partition coefficient (Wildman–Crippen LogP) is 2.27. The largest absolute Gasteiger partial charge is 0.379 e. The van der Waals surface area contributed by atoms with Crippen LogP contribution in [0.1, 0.15) is 53.8 Å². The summed E-state index contributed by atoms with van der Waals surface area (Å²) < 4.78 is 7.54. The molecule has 2 fully saturated rings. The molecule has 1 aromatic rings. The highest BCUT2D eigenvalue weighted by Gasteiger charge is 2.33. The highest BCUT2D eigenvalue weighted by atomic mass is 16.5. The molecule has 0 radical (unpaired) electrons. The van der Waals surface area contributed by atoms with E-state index in [2.05, 4.69) is 11.5 Å². The van der Waals surface area contributed by atoms with E-state index in [4.69, 9.17) is 9.84 Å². The van der Waals surface area contributed by atoms with E-state index in [-0.39, 0.29) is 5.91 Å². The molecular formula is C21H32N4O2. The Hall–Kier alpha value is -1.66. The topological polar surface area (TPSA) is 50.6 Å². The van der Waals surface area contributed by atoms with E-state index in [1.54, 1.807) is 0 Å². The maximum atomic E-state index is 13.3. The molecule has 0 N–H and O–H groups in total. The molecule has 1 amide bonds. The lowest BCUT2D eigenvalue weighted by atomic mass is 9.89. The Bertz CT molecular complexity index is 670. The Morgan fingerprint density at radius 2 is 1.89 bits per heavy atom. The van der Waals surface area contributed by atoms with Crippen molar-refractivity contribution >= 4 is 5.91 Å². The average molecular weight is 373 g/mol. The minimum absolute atomic E-state index is 0.138. The molecular weight excluding hydrogens is 340 g/mol. The molecule has 27 heavy (non-hydrogen) atoms. The summed E-state index contributed by atoms with van der Waals surface area (Å²) >= 11 is 0. The minimum Gasteiger partial charge on any atom is -0.379 e. The van der Waals surface area contributed by atoms with Crippen molar-refractivity contribution < 1.29 is 9.53 Å². The van der Waals surface area contributed by atoms with Crippen molar-refractivity contribution in [2.24, 2.45) is 0 Å². The summed E-state index contributed by atoms with van der Waals surface area (Å²) in [4.78, 5) is 17.9. The van der Waals surface area contributed by atoms with Crippen LogP contribution in [-0.4, -0.2) is 70.9 Å². The molecule has 3 heterocycles. The van der Waals surface area contributed by atoms with Gasteiger partial charge in [0.15, 0.2) is 5.69 Å². The van der Waals surface area contributed by atoms with Crippen molar-refractivity contribution in [3.63, 3.8) is 0 Å². The van der Waals surface area contributed by atoms with Gasteiger partial charge in [0.1, 0.15) is 0 Å². The molecule has 0 saturated carbocycles. The van der Waals surface area contributed by atoms with Gasteiger partial charge in [0.05, 0.1) is 19.8 Å². The van der Waals surface area contributed by atoms with Crippen molar-refractivity contribution in [2.45, 2.75) is 57.5 Å². The summed E-state index contributed by atoms with van der Waals surface area (Å²) in [5.74, 6) is 0.138. The SMILES string of the molecule is C=CCn1nc(C(=O)N2CCCCCC2)c2c1CCC(N1CCOCC1)C2. The third-order valence-corrected chi connectivity index (χ3v) is 6.28. The second kappa shape index (κ2) is 8.57. The molecule has 148 valence electrons. The Morgan fingerprint density at radius 1 is 1.15 bits per heavy atom. The van der Waals surface area contributed by atoms with E-state index in [9.17, 15) is 4.79 Å². The minimum atomic E-state index is 0.138. The number of morpholine rings is 1. The molecule has 6 heteroatoms. The summed E-state index contributed by atoms with van der Waals surface area (Å²) in [7, 11) is 0. The van der Waals surface area contributed by atoms with Crippen LogP contribution in [0.15, 0.2) is 12.7 Å². The number of hydrogen-bond acceptors (Lipinski definition) is 4. The molecule has 2 aliphatic heterocycles. The van der Waals surface area contributed by atoms with Gasteiger partial charge in [0.2, 0.25) is 0 Å². The molecule has 1 atom stereocenters. The van der Waals surface area contributed by atoms with Crippen LogP contribution in [-0.2, 0) is 24.1 Å². The van der Waals surface area contributed by atoms with Crippen LogP contribution >= 0.6 is 0 Å². The molecule has 0 aromatic carbocycles. The van der Waals surface area contributed by atoms with Crippen molar-refractivity contribution in [3.05, 3.63) is 29.6 Å². The van der Waals surface area contributed by atoms with Gasteiger partial charge in [-0.3, -0.25) is 14.4 Å². The van der Waals surface area contributed by atoms with Crippen molar-refractivity contribution in [3.8, 4) is 0 Å². The number of ether oxygens (including phenoxy) is 1. The first-order valence-corrected chi connectivity index (χ1v) is 10.6. The summed E-state index contributed by atoms with van der Waals surface area (Å²) in [6.45, 7) is 9.92. The zero-order valence-electron chi connectivity index (χ0n) is 16.4. The van der Waals surface area contributed by atoms with E-state index in [0.717, 1.165) is 71.5 Å². The van der Waals surface area contributed by atoms with E-state index >= 15 is 0 Å². The molecule has 2 saturated heterocycles. The lowest BCUT2D eigenvalue weighted by Crippen LogP contribution is -2.46. The van der Waals surface area contributed by atoms with Gasteiger partial charge < -0.3 is 9.64 Å². The summed E-state index contributed by atoms with van der Waals surface area (Å²) in [5.41, 5.74) is 3.14. The normalized spacial score (nSPS) is 24.3. The lowest BCUT2D eigenvalue weighted by Gasteiger charge is -2.36. The first kappa shape index (κ1) is 18.7. The first-order chi connectivity index (χ1) is 13.3. The van der Waals surface area contributed by atoms with E-state index in [0.29, 0.717) is 18.3 Å². The molecule has 6 nitrogen and oxygen atoms in total. The van der Waals surface area contributed by atoms with E-state index < -0.39 is 0 Å². The number of carbonyl (C=O) groups excluding carboxylic acids is 1. The zero-order valence-corrected chi connectivity index (χ0v) is 16.4. The van der Waals surface area contributed by atoms with Crippen LogP contribution in [0.5, 0.6) is 0 Å². The highest BCUT2D eigenvalue weighted by molar-refractivity contribution is 5.94. The quantitative estimate of drug-likeness (QED) is 0.761. The maximum Gasteiger partial charge on any atom is 0.274 e. The molecule has 3 aliphatic rings. The summed E-state index contributed by atoms with van der Waals surface area (Å²) in [6.07, 6.45) is 9.61. The first-order valence-electron chi connectivity index (χ1n) is 10.6. The van der Waals surface area contributed by atoms with Gasteiger partial charge in [-0.1, -0.05) is 18.9 Å². The third-order valence-electron chi connectivity index (χ3n) is 6.28. The van der Waals surface area contributed by atoms with Crippen LogP contribution in [0, 0.1) is 0 Å². The molecule has 1 unspecified atom stereocenters. The summed E-state index contributed by atoms with van der Waals surface area (Å²) in [5, 5.41) is 4.78. The molecule has 0 bridgehead atoms. The number of hydrogen-bond donors (Lipinski definition) is 0. The number of nitrogens with zero attached hydrogens (tertiary/aromatic N) is 4. The second-order valence-corrected chi connectivity index (χ2v) is 8.00. The van der Waals surface area contributed by atoms with Crippen molar-refractivity contribution in [2.75, 3.05) is 39.4 Å². The Labute approximate surface area is 162 Å². The smallest absolute Gasteiger partial charge is 0.274 e. The number of likely N-dealkylation sites (tertiary alicyclic amines) is 1. The Morgan fingerprint density at radius 3 is 2.59 bits per heavy atom. The van der Waals surface area contributed by atoms with Gasteiger partial charge in [0, 0.05) is 43.5 Å². The fraction of sp³-hybridized carbons (Fsp3) is 0.714. The van der Waals surface area contributed by atoms with E-state index in [1.807, 2.05) is 15.7 Å². The average Bonchev–Trinajstić information content (AvgIpc) is 2.88. The van der Waals surface area contributed by atoms with Crippen molar-refractivity contribution in [1.29, 1.82) is 0 Å². The molecule has 4 rings (SSSR count). The third kappa shape index (κ3) is 3.97. The maximum absolute atomic E-state index is 13.3. The summed E-state index contributed by atoms with van der Waals surface area (Å²) in [6, 6.07) is 0.499. The van der Waals surface area contributed by atoms with E-state index in [1.165, 1.54) is 24.1 Å². The second-order valence-electron chi connectivity index (χ2n) is 8.00. The number of rotatable bonds is 4. The van der Waals surface area contributed by atoms with Crippen LogP contribution in [0.2, 0.25) is 0 Å². The number of carbonyl (C=O) groups is 1. The number of amides is 1. The Kier molecular flexibility index (Phi) is 5.93. The number of fused-ring (bicyclic) bond motifs is 1. The van der Waals surface area contributed by atoms with Gasteiger partial charge in [-0.05, 0) is 32.1 Å². The van der Waals surface area contributed by atoms with Crippen LogP contribution in [0.4, 0.5) is 0 Å². The van der Waals surface area contributed by atoms with Crippen molar-refractivity contribution in [1.82, 2.24) is 19.6 Å². The highest BCUT2D eigenvalue weighted by Crippen LogP contribution is 2.29. The fourth-order valence-corrected chi connectivity index (χ4v) is 4.79. The van der Waals surface area contributed by atoms with Crippen LogP contribution in [0.3, 0.4) is 0 Å². The van der Waals surface area contributed by atoms with Gasteiger partial charge in [-0.25, -0.2) is 0 Å². The fourth-order valence-electron chi connectivity index (χ4n) is 4.79. The van der Waals surface area contributed by atoms with Gasteiger partial charge >= 0.3 is 0 Å². The number of aromatic nitrogens is 2. The van der Waals surface area contributed by atoms with Gasteiger partial charge in [0.25, 0.3) is 5.91 Å². The molecule has 1 aliphatic carbocycles. The number of allylic oxidation sites excluding steroid dienone is 1. The van der Waals surface area contributed by atoms with Crippen LogP contribution in [0.25, 0.3) is 0 Å². The van der Waals surface area contributed by atoms with Crippen LogP contribution < -0.4 is 0 Å². The Balaban J connectivity index is 1.59. The molecule has 0 spiro atoms. The zero-order chi connectivity index (χ0) is 18.6. The lowest BCUT2D eigenvalue weighted by molar-refractivity contribution is 0.0135. The van der Waals surface area contributed by atoms with Gasteiger partial charge in [-0.15, -0.1) is 6.58 Å². The van der Waals surface area contributed by atoms with Gasteiger partial charge in [-0.2, -0.15) is 5.10 Å². The monoisotopic (exact) mass is 372 g/mol.